The summed E-state index contributed by atoms with van der Waals surface area (Å²) in [6, 6.07) is 6.41. The zero-order valence-electron chi connectivity index (χ0n) is 10.9. The summed E-state index contributed by atoms with van der Waals surface area (Å²) in [5, 5.41) is 0.748. The number of hydrogen-bond acceptors (Lipinski definition) is 2. The molecule has 1 fully saturated rings. The van der Waals surface area contributed by atoms with Gasteiger partial charge in [-0.2, -0.15) is 0 Å². The molecule has 1 aromatic carbocycles. The molecule has 0 bridgehead atoms. The summed E-state index contributed by atoms with van der Waals surface area (Å²) in [6.45, 7) is 7.53. The summed E-state index contributed by atoms with van der Waals surface area (Å²) in [6.07, 6.45) is 0. The van der Waals surface area contributed by atoms with Gasteiger partial charge in [-0.3, -0.25) is 4.90 Å². The van der Waals surface area contributed by atoms with E-state index in [2.05, 4.69) is 46.8 Å². The van der Waals surface area contributed by atoms with Crippen molar-refractivity contribution in [1.29, 1.82) is 0 Å². The van der Waals surface area contributed by atoms with E-state index in [0.717, 1.165) is 34.4 Å². The molecule has 2 nitrogen and oxygen atoms in total. The van der Waals surface area contributed by atoms with Crippen molar-refractivity contribution in [1.82, 2.24) is 4.90 Å². The minimum Gasteiger partial charge on any atom is -0.329 e. The van der Waals surface area contributed by atoms with Crippen LogP contribution in [-0.4, -0.2) is 24.5 Å². The Morgan fingerprint density at radius 2 is 2.00 bits per heavy atom. The molecule has 100 valence electrons. The van der Waals surface area contributed by atoms with Gasteiger partial charge >= 0.3 is 0 Å². The third kappa shape index (κ3) is 2.90. The maximum atomic E-state index is 6.04. The fourth-order valence-corrected chi connectivity index (χ4v) is 3.16. The summed E-state index contributed by atoms with van der Waals surface area (Å²) in [5.41, 5.74) is 7.22. The number of rotatable bonds is 3. The zero-order chi connectivity index (χ0) is 13.3. The lowest BCUT2D eigenvalue weighted by molar-refractivity contribution is 0.240. The van der Waals surface area contributed by atoms with Crippen LogP contribution in [0.25, 0.3) is 0 Å². The molecule has 1 heterocycles. The first kappa shape index (κ1) is 14.3. The van der Waals surface area contributed by atoms with Crippen LogP contribution < -0.4 is 5.73 Å². The van der Waals surface area contributed by atoms with Crippen molar-refractivity contribution in [3.8, 4) is 0 Å². The molecule has 2 N–H and O–H groups in total. The van der Waals surface area contributed by atoms with E-state index in [1.54, 1.807) is 0 Å². The van der Waals surface area contributed by atoms with Crippen molar-refractivity contribution in [2.75, 3.05) is 19.6 Å². The Bertz CT molecular complexity index is 414. The molecule has 0 aliphatic carbocycles. The first-order valence-corrected chi connectivity index (χ1v) is 7.59. The Morgan fingerprint density at radius 3 is 2.50 bits per heavy atom. The molecular weight excluding hydrogens is 312 g/mol. The summed E-state index contributed by atoms with van der Waals surface area (Å²) in [7, 11) is 0. The monoisotopic (exact) mass is 330 g/mol. The van der Waals surface area contributed by atoms with Crippen LogP contribution in [0.4, 0.5) is 0 Å². The van der Waals surface area contributed by atoms with E-state index in [-0.39, 0.29) is 0 Å². The van der Waals surface area contributed by atoms with Crippen LogP contribution in [0.1, 0.15) is 25.5 Å². The summed E-state index contributed by atoms with van der Waals surface area (Å²) in [4.78, 5) is 2.49. The van der Waals surface area contributed by atoms with Crippen molar-refractivity contribution < 1.29 is 0 Å². The fraction of sp³-hybridized carbons (Fsp3) is 0.571. The molecule has 4 heteroatoms. The first-order chi connectivity index (χ1) is 8.52. The van der Waals surface area contributed by atoms with Crippen LogP contribution in [0, 0.1) is 11.8 Å². The molecular formula is C14H20BrClN2. The van der Waals surface area contributed by atoms with Gasteiger partial charge in [-0.05, 0) is 45.5 Å². The van der Waals surface area contributed by atoms with E-state index in [4.69, 9.17) is 17.3 Å². The van der Waals surface area contributed by atoms with Gasteiger partial charge in [0, 0.05) is 30.1 Å². The van der Waals surface area contributed by atoms with Gasteiger partial charge in [0.05, 0.1) is 5.02 Å². The Morgan fingerprint density at radius 1 is 1.39 bits per heavy atom. The van der Waals surface area contributed by atoms with Crippen LogP contribution in [0.3, 0.4) is 0 Å². The average molecular weight is 332 g/mol. The molecule has 1 aromatic rings. The van der Waals surface area contributed by atoms with Crippen molar-refractivity contribution >= 4 is 27.5 Å². The SMILES string of the molecule is CC1CN(C(CN)c2ccc(Cl)c(Br)c2)CC1C. The average Bonchev–Trinajstić information content (AvgIpc) is 2.65. The second-order valence-corrected chi connectivity index (χ2v) is 6.60. The molecule has 0 aromatic heterocycles. The third-order valence-corrected chi connectivity index (χ3v) is 5.22. The van der Waals surface area contributed by atoms with Gasteiger partial charge in [-0.25, -0.2) is 0 Å². The van der Waals surface area contributed by atoms with Gasteiger partial charge in [0.15, 0.2) is 0 Å². The zero-order valence-corrected chi connectivity index (χ0v) is 13.2. The van der Waals surface area contributed by atoms with E-state index < -0.39 is 0 Å². The van der Waals surface area contributed by atoms with Gasteiger partial charge in [0.1, 0.15) is 0 Å². The fourth-order valence-electron chi connectivity index (χ4n) is 2.64. The smallest absolute Gasteiger partial charge is 0.0548 e. The molecule has 1 saturated heterocycles. The quantitative estimate of drug-likeness (QED) is 0.915. The standard InChI is InChI=1S/C14H20BrClN2/c1-9-7-18(8-10(9)2)14(6-17)11-3-4-13(16)12(15)5-11/h3-5,9-10,14H,6-8,17H2,1-2H3. The number of nitrogens with zero attached hydrogens (tertiary/aromatic N) is 1. The molecule has 2 rings (SSSR count). The Hall–Kier alpha value is -0.0900. The van der Waals surface area contributed by atoms with Gasteiger partial charge in [-0.1, -0.05) is 31.5 Å². The highest BCUT2D eigenvalue weighted by atomic mass is 79.9. The summed E-state index contributed by atoms with van der Waals surface area (Å²) >= 11 is 9.53. The molecule has 1 aliphatic heterocycles. The maximum absolute atomic E-state index is 6.04. The third-order valence-electron chi connectivity index (χ3n) is 4.01. The second-order valence-electron chi connectivity index (χ2n) is 5.33. The highest BCUT2D eigenvalue weighted by molar-refractivity contribution is 9.10. The van der Waals surface area contributed by atoms with Crippen LogP contribution in [-0.2, 0) is 0 Å². The van der Waals surface area contributed by atoms with Crippen molar-refractivity contribution in [3.63, 3.8) is 0 Å². The molecule has 18 heavy (non-hydrogen) atoms. The highest BCUT2D eigenvalue weighted by Crippen LogP contribution is 2.32. The molecule has 0 radical (unpaired) electrons. The van der Waals surface area contributed by atoms with Gasteiger partial charge in [0.2, 0.25) is 0 Å². The number of benzene rings is 1. The minimum absolute atomic E-state index is 0.297. The van der Waals surface area contributed by atoms with E-state index in [1.165, 1.54) is 5.56 Å². The number of halogens is 2. The Labute approximate surface area is 123 Å². The van der Waals surface area contributed by atoms with Gasteiger partial charge < -0.3 is 5.73 Å². The molecule has 3 unspecified atom stereocenters. The molecule has 1 aliphatic rings. The first-order valence-electron chi connectivity index (χ1n) is 6.42. The molecule has 0 amide bonds. The van der Waals surface area contributed by atoms with Crippen LogP contribution in [0.5, 0.6) is 0 Å². The van der Waals surface area contributed by atoms with Crippen molar-refractivity contribution in [3.05, 3.63) is 33.3 Å². The van der Waals surface area contributed by atoms with Crippen molar-refractivity contribution in [2.45, 2.75) is 19.9 Å². The van der Waals surface area contributed by atoms with E-state index >= 15 is 0 Å². The highest BCUT2D eigenvalue weighted by Gasteiger charge is 2.31. The maximum Gasteiger partial charge on any atom is 0.0548 e. The summed E-state index contributed by atoms with van der Waals surface area (Å²) in [5.74, 6) is 1.49. The topological polar surface area (TPSA) is 29.3 Å². The lowest BCUT2D eigenvalue weighted by atomic mass is 10.0. The normalized spacial score (nSPS) is 26.5. The van der Waals surface area contributed by atoms with E-state index in [0.29, 0.717) is 12.6 Å². The number of nitrogens with two attached hydrogens (primary N) is 1. The summed E-state index contributed by atoms with van der Waals surface area (Å²) < 4.78 is 0.945. The van der Waals surface area contributed by atoms with Gasteiger partial charge in [-0.15, -0.1) is 0 Å². The lowest BCUT2D eigenvalue weighted by Gasteiger charge is -2.27. The minimum atomic E-state index is 0.297. The molecule has 3 atom stereocenters. The largest absolute Gasteiger partial charge is 0.329 e. The van der Waals surface area contributed by atoms with Crippen LogP contribution >= 0.6 is 27.5 Å². The number of hydrogen-bond donors (Lipinski definition) is 1. The Kier molecular flexibility index (Phi) is 4.70. The van der Waals surface area contributed by atoms with Gasteiger partial charge in [0.25, 0.3) is 0 Å². The second kappa shape index (κ2) is 5.91. The molecule has 0 saturated carbocycles. The molecule has 0 spiro atoms. The van der Waals surface area contributed by atoms with E-state index in [9.17, 15) is 0 Å². The van der Waals surface area contributed by atoms with E-state index in [1.807, 2.05) is 6.07 Å². The predicted molar refractivity (Wildman–Crippen MR) is 80.8 cm³/mol. The number of likely N-dealkylation sites (tertiary alicyclic amines) is 1. The lowest BCUT2D eigenvalue weighted by Crippen LogP contribution is -2.32. The van der Waals surface area contributed by atoms with Crippen LogP contribution in [0.2, 0.25) is 5.02 Å². The Balaban J connectivity index is 2.20. The van der Waals surface area contributed by atoms with Crippen LogP contribution in [0.15, 0.2) is 22.7 Å². The predicted octanol–water partition coefficient (Wildman–Crippen LogP) is 3.69. The van der Waals surface area contributed by atoms with Crippen molar-refractivity contribution in [2.24, 2.45) is 17.6 Å².